The minimum atomic E-state index is -1.13. The van der Waals surface area contributed by atoms with Crippen molar-refractivity contribution in [2.45, 2.75) is 31.3 Å². The summed E-state index contributed by atoms with van der Waals surface area (Å²) >= 11 is 0. The number of carbonyl (C=O) groups is 1. The van der Waals surface area contributed by atoms with E-state index in [9.17, 15) is 18.7 Å². The van der Waals surface area contributed by atoms with Crippen LogP contribution in [-0.4, -0.2) is 23.2 Å². The van der Waals surface area contributed by atoms with Gasteiger partial charge in [0.1, 0.15) is 0 Å². The van der Waals surface area contributed by atoms with Crippen LogP contribution in [-0.2, 0) is 0 Å². The molecule has 0 heterocycles. The highest BCUT2D eigenvalue weighted by atomic mass is 19.2. The molecule has 0 unspecified atom stereocenters. The van der Waals surface area contributed by atoms with Gasteiger partial charge >= 0.3 is 0 Å². The lowest BCUT2D eigenvalue weighted by Gasteiger charge is -2.22. The molecule has 0 radical (unpaired) electrons. The van der Waals surface area contributed by atoms with E-state index in [1.54, 1.807) is 0 Å². The van der Waals surface area contributed by atoms with Crippen molar-refractivity contribution < 1.29 is 18.7 Å². The monoisotopic (exact) mass is 270 g/mol. The van der Waals surface area contributed by atoms with E-state index in [0.29, 0.717) is 12.8 Å². The van der Waals surface area contributed by atoms with E-state index in [4.69, 9.17) is 5.73 Å². The summed E-state index contributed by atoms with van der Waals surface area (Å²) < 4.78 is 26.0. The van der Waals surface area contributed by atoms with Crippen LogP contribution < -0.4 is 11.1 Å². The summed E-state index contributed by atoms with van der Waals surface area (Å²) in [6.07, 6.45) is 3.08. The van der Waals surface area contributed by atoms with Crippen LogP contribution in [0.2, 0.25) is 0 Å². The van der Waals surface area contributed by atoms with E-state index in [-0.39, 0.29) is 17.8 Å². The molecule has 2 rings (SSSR count). The van der Waals surface area contributed by atoms with Gasteiger partial charge in [-0.3, -0.25) is 4.79 Å². The number of nitrogens with one attached hydrogen (secondary N) is 1. The molecule has 1 aromatic carbocycles. The van der Waals surface area contributed by atoms with Gasteiger partial charge in [0.25, 0.3) is 5.91 Å². The first-order valence-electron chi connectivity index (χ1n) is 6.16. The van der Waals surface area contributed by atoms with Crippen molar-refractivity contribution >= 4 is 11.6 Å². The zero-order chi connectivity index (χ0) is 14.0. The van der Waals surface area contributed by atoms with Crippen molar-refractivity contribution in [1.29, 1.82) is 0 Å². The fraction of sp³-hybridized carbons (Fsp3) is 0.462. The third kappa shape index (κ3) is 3.01. The fourth-order valence-corrected chi connectivity index (χ4v) is 2.31. The van der Waals surface area contributed by atoms with Crippen molar-refractivity contribution in [2.75, 3.05) is 12.3 Å². The van der Waals surface area contributed by atoms with Crippen molar-refractivity contribution in [3.63, 3.8) is 0 Å². The molecular weight excluding hydrogens is 254 g/mol. The van der Waals surface area contributed by atoms with Gasteiger partial charge in [0.15, 0.2) is 11.6 Å². The van der Waals surface area contributed by atoms with Gasteiger partial charge in [-0.15, -0.1) is 0 Å². The highest BCUT2D eigenvalue weighted by Gasteiger charge is 2.31. The molecule has 0 spiro atoms. The summed E-state index contributed by atoms with van der Waals surface area (Å²) in [4.78, 5) is 11.8. The predicted octanol–water partition coefficient (Wildman–Crippen LogP) is 1.58. The molecule has 1 aliphatic carbocycles. The number of benzene rings is 1. The van der Waals surface area contributed by atoms with Gasteiger partial charge in [-0.1, -0.05) is 12.8 Å². The van der Waals surface area contributed by atoms with Gasteiger partial charge in [-0.05, 0) is 18.9 Å². The lowest BCUT2D eigenvalue weighted by Crippen LogP contribution is -2.41. The molecule has 0 aromatic heterocycles. The Labute approximate surface area is 109 Å². The number of nitrogen functional groups attached to an aromatic ring is 1. The van der Waals surface area contributed by atoms with Gasteiger partial charge in [-0.25, -0.2) is 8.78 Å². The maximum absolute atomic E-state index is 13.1. The molecule has 104 valence electrons. The smallest absolute Gasteiger partial charge is 0.253 e. The second-order valence-corrected chi connectivity index (χ2v) is 4.97. The quantitative estimate of drug-likeness (QED) is 0.730. The first-order chi connectivity index (χ1) is 8.91. The highest BCUT2D eigenvalue weighted by molar-refractivity contribution is 5.99. The van der Waals surface area contributed by atoms with Crippen LogP contribution in [0.25, 0.3) is 0 Å². The largest absolute Gasteiger partial charge is 0.398 e. The van der Waals surface area contributed by atoms with Crippen LogP contribution in [0.4, 0.5) is 14.5 Å². The molecule has 1 saturated carbocycles. The molecule has 1 aliphatic rings. The van der Waals surface area contributed by atoms with Crippen LogP contribution >= 0.6 is 0 Å². The van der Waals surface area contributed by atoms with Crippen molar-refractivity contribution in [2.24, 2.45) is 0 Å². The summed E-state index contributed by atoms with van der Waals surface area (Å²) in [5.41, 5.74) is 4.32. The molecule has 0 bridgehead atoms. The molecular formula is C13H16F2N2O2. The Hall–Kier alpha value is -1.69. The van der Waals surface area contributed by atoms with Gasteiger partial charge in [0.05, 0.1) is 11.2 Å². The maximum Gasteiger partial charge on any atom is 0.253 e. The third-order valence-electron chi connectivity index (χ3n) is 3.45. The van der Waals surface area contributed by atoms with Crippen molar-refractivity contribution in [1.82, 2.24) is 5.32 Å². The summed E-state index contributed by atoms with van der Waals surface area (Å²) in [5, 5.41) is 12.6. The van der Waals surface area contributed by atoms with Gasteiger partial charge in [0.2, 0.25) is 0 Å². The Balaban J connectivity index is 2.06. The van der Waals surface area contributed by atoms with Crippen LogP contribution in [0.3, 0.4) is 0 Å². The second-order valence-electron chi connectivity index (χ2n) is 4.97. The number of hydrogen-bond acceptors (Lipinski definition) is 3. The molecule has 1 fully saturated rings. The van der Waals surface area contributed by atoms with E-state index in [0.717, 1.165) is 25.0 Å². The van der Waals surface area contributed by atoms with Gasteiger partial charge in [0, 0.05) is 18.3 Å². The van der Waals surface area contributed by atoms with E-state index in [1.165, 1.54) is 0 Å². The number of nitrogens with two attached hydrogens (primary N) is 1. The SMILES string of the molecule is Nc1cc(F)c(F)cc1C(=O)NCC1(O)CCCC1. The first kappa shape index (κ1) is 13.7. The topological polar surface area (TPSA) is 75.4 Å². The number of aliphatic hydroxyl groups is 1. The molecule has 0 saturated heterocycles. The number of amides is 1. The lowest BCUT2D eigenvalue weighted by atomic mass is 10.0. The van der Waals surface area contributed by atoms with Crippen LogP contribution in [0, 0.1) is 11.6 Å². The molecule has 6 heteroatoms. The van der Waals surface area contributed by atoms with Crippen LogP contribution in [0.1, 0.15) is 36.0 Å². The fourth-order valence-electron chi connectivity index (χ4n) is 2.31. The molecule has 0 aliphatic heterocycles. The summed E-state index contributed by atoms with van der Waals surface area (Å²) in [5.74, 6) is -2.83. The zero-order valence-electron chi connectivity index (χ0n) is 10.4. The van der Waals surface area contributed by atoms with Gasteiger partial charge < -0.3 is 16.2 Å². The standard InChI is InChI=1S/C13H16F2N2O2/c14-9-5-8(11(16)6-10(9)15)12(18)17-7-13(19)3-1-2-4-13/h5-6,19H,1-4,7,16H2,(H,17,18). The minimum absolute atomic E-state index is 0.0876. The Bertz CT molecular complexity index is 500. The summed E-state index contributed by atoms with van der Waals surface area (Å²) in [6, 6.07) is 1.53. The first-order valence-corrected chi connectivity index (χ1v) is 6.16. The third-order valence-corrected chi connectivity index (χ3v) is 3.45. The Morgan fingerprint density at radius 1 is 1.32 bits per heavy atom. The number of hydrogen-bond donors (Lipinski definition) is 3. The molecule has 4 nitrogen and oxygen atoms in total. The number of carbonyl (C=O) groups excluding carboxylic acids is 1. The molecule has 1 aromatic rings. The van der Waals surface area contributed by atoms with Crippen LogP contribution in [0.5, 0.6) is 0 Å². The molecule has 4 N–H and O–H groups in total. The van der Waals surface area contributed by atoms with Crippen LogP contribution in [0.15, 0.2) is 12.1 Å². The lowest BCUT2D eigenvalue weighted by molar-refractivity contribution is 0.0450. The normalized spacial score (nSPS) is 17.4. The van der Waals surface area contributed by atoms with Crippen molar-refractivity contribution in [3.8, 4) is 0 Å². The molecule has 19 heavy (non-hydrogen) atoms. The zero-order valence-corrected chi connectivity index (χ0v) is 10.4. The summed E-state index contributed by atoms with van der Waals surface area (Å²) in [7, 11) is 0. The minimum Gasteiger partial charge on any atom is -0.398 e. The molecule has 0 atom stereocenters. The maximum atomic E-state index is 13.1. The van der Waals surface area contributed by atoms with E-state index in [1.807, 2.05) is 0 Å². The average Bonchev–Trinajstić information content (AvgIpc) is 2.78. The van der Waals surface area contributed by atoms with Crippen molar-refractivity contribution in [3.05, 3.63) is 29.3 Å². The predicted molar refractivity (Wildman–Crippen MR) is 66.5 cm³/mol. The van der Waals surface area contributed by atoms with E-state index < -0.39 is 23.1 Å². The van der Waals surface area contributed by atoms with E-state index >= 15 is 0 Å². The Morgan fingerprint density at radius 2 is 1.89 bits per heavy atom. The second kappa shape index (κ2) is 5.13. The summed E-state index contributed by atoms with van der Waals surface area (Å²) in [6.45, 7) is 0.0876. The van der Waals surface area contributed by atoms with Gasteiger partial charge in [-0.2, -0.15) is 0 Å². The number of halogens is 2. The molecule has 1 amide bonds. The Kier molecular flexibility index (Phi) is 3.71. The highest BCUT2D eigenvalue weighted by Crippen LogP contribution is 2.28. The Morgan fingerprint density at radius 3 is 2.53 bits per heavy atom. The average molecular weight is 270 g/mol. The number of anilines is 1. The van der Waals surface area contributed by atoms with E-state index in [2.05, 4.69) is 5.32 Å². The number of rotatable bonds is 3.